The maximum atomic E-state index is 12.4. The van der Waals surface area contributed by atoms with Crippen molar-refractivity contribution in [3.8, 4) is 11.5 Å². The van der Waals surface area contributed by atoms with Crippen molar-refractivity contribution in [2.24, 2.45) is 17.8 Å². The molecule has 4 aliphatic rings. The maximum absolute atomic E-state index is 12.4. The topological polar surface area (TPSA) is 42.0 Å². The lowest BCUT2D eigenvalue weighted by Gasteiger charge is -2.37. The van der Waals surface area contributed by atoms with Gasteiger partial charge in [-0.1, -0.05) is 18.9 Å². The van der Waals surface area contributed by atoms with Gasteiger partial charge < -0.3 is 14.4 Å². The molecular formula is C25H35ClN2O3. The van der Waals surface area contributed by atoms with Gasteiger partial charge in [0, 0.05) is 43.9 Å². The van der Waals surface area contributed by atoms with E-state index in [1.807, 2.05) is 6.07 Å². The Morgan fingerprint density at radius 1 is 1.00 bits per heavy atom. The van der Waals surface area contributed by atoms with Gasteiger partial charge in [0.2, 0.25) is 6.79 Å². The Morgan fingerprint density at radius 3 is 2.48 bits per heavy atom. The molecule has 5 rings (SSSR count). The van der Waals surface area contributed by atoms with Crippen molar-refractivity contribution in [3.05, 3.63) is 18.2 Å². The summed E-state index contributed by atoms with van der Waals surface area (Å²) < 4.78 is 11.2. The van der Waals surface area contributed by atoms with Crippen LogP contribution in [-0.2, 0) is 4.79 Å². The third kappa shape index (κ3) is 4.98. The fourth-order valence-corrected chi connectivity index (χ4v) is 6.16. The summed E-state index contributed by atoms with van der Waals surface area (Å²) in [6, 6.07) is 6.18. The van der Waals surface area contributed by atoms with Gasteiger partial charge >= 0.3 is 0 Å². The molecule has 1 aromatic rings. The lowest BCUT2D eigenvalue weighted by Crippen LogP contribution is -2.47. The molecule has 0 unspecified atom stereocenters. The number of anilines is 1. The molecular weight excluding hydrogens is 412 g/mol. The second kappa shape index (κ2) is 9.58. The van der Waals surface area contributed by atoms with E-state index < -0.39 is 0 Å². The fourth-order valence-electron chi connectivity index (χ4n) is 5.73. The van der Waals surface area contributed by atoms with Gasteiger partial charge in [-0.3, -0.25) is 9.69 Å². The molecule has 31 heavy (non-hydrogen) atoms. The van der Waals surface area contributed by atoms with E-state index in [0.717, 1.165) is 62.9 Å². The zero-order chi connectivity index (χ0) is 21.2. The van der Waals surface area contributed by atoms with Crippen LogP contribution in [0.5, 0.6) is 11.5 Å². The number of carbonyl (C=O) groups excluding carboxylic acids is 1. The molecule has 0 amide bonds. The van der Waals surface area contributed by atoms with Crippen LogP contribution in [0.25, 0.3) is 0 Å². The van der Waals surface area contributed by atoms with Gasteiger partial charge in [-0.25, -0.2) is 0 Å². The van der Waals surface area contributed by atoms with E-state index in [1.165, 1.54) is 44.3 Å². The van der Waals surface area contributed by atoms with Gasteiger partial charge in [0.25, 0.3) is 0 Å². The number of nitrogens with zero attached hydrogens (tertiary/aromatic N) is 2. The van der Waals surface area contributed by atoms with Crippen LogP contribution in [0.2, 0.25) is 0 Å². The summed E-state index contributed by atoms with van der Waals surface area (Å²) in [6.07, 6.45) is 9.01. The van der Waals surface area contributed by atoms with E-state index in [2.05, 4.69) is 21.9 Å². The first-order valence-electron chi connectivity index (χ1n) is 12.2. The summed E-state index contributed by atoms with van der Waals surface area (Å²) in [5.41, 5.74) is 1.17. The zero-order valence-electron chi connectivity index (χ0n) is 18.4. The fraction of sp³-hybridized carbons (Fsp3) is 0.720. The monoisotopic (exact) mass is 446 g/mol. The van der Waals surface area contributed by atoms with Crippen molar-refractivity contribution >= 4 is 23.1 Å². The summed E-state index contributed by atoms with van der Waals surface area (Å²) in [4.78, 5) is 17.4. The second-order valence-corrected chi connectivity index (χ2v) is 10.6. The van der Waals surface area contributed by atoms with E-state index >= 15 is 0 Å². The SMILES string of the molecule is O=C(CC1CCC(CCN2CCN(c3cccc4c3OCO4)CC2)CC1)C1CC(Cl)C1. The third-order valence-electron chi connectivity index (χ3n) is 7.93. The van der Waals surface area contributed by atoms with Crippen LogP contribution in [0.1, 0.15) is 51.4 Å². The number of Topliss-reactive ketones (excluding diaryl/α,β-unsaturated/α-hetero) is 1. The highest BCUT2D eigenvalue weighted by Crippen LogP contribution is 2.41. The molecule has 3 fully saturated rings. The number of ether oxygens (including phenoxy) is 2. The minimum atomic E-state index is 0.252. The Morgan fingerprint density at radius 2 is 1.74 bits per heavy atom. The Labute approximate surface area is 191 Å². The minimum absolute atomic E-state index is 0.252. The number of ketones is 1. The Bertz CT molecular complexity index is 766. The van der Waals surface area contributed by atoms with Gasteiger partial charge in [0.15, 0.2) is 11.5 Å². The van der Waals surface area contributed by atoms with Gasteiger partial charge in [0.1, 0.15) is 5.78 Å². The quantitative estimate of drug-likeness (QED) is 0.567. The first-order chi connectivity index (χ1) is 15.2. The largest absolute Gasteiger partial charge is 0.454 e. The van der Waals surface area contributed by atoms with Gasteiger partial charge in [0.05, 0.1) is 5.69 Å². The number of carbonyl (C=O) groups is 1. The van der Waals surface area contributed by atoms with Crippen LogP contribution in [0.3, 0.4) is 0 Å². The molecule has 6 heteroatoms. The van der Waals surface area contributed by atoms with Crippen molar-refractivity contribution in [1.82, 2.24) is 4.90 Å². The van der Waals surface area contributed by atoms with E-state index in [1.54, 1.807) is 0 Å². The van der Waals surface area contributed by atoms with Crippen molar-refractivity contribution in [2.75, 3.05) is 44.4 Å². The highest BCUT2D eigenvalue weighted by atomic mass is 35.5. The third-order valence-corrected chi connectivity index (χ3v) is 8.29. The number of fused-ring (bicyclic) bond motifs is 1. The van der Waals surface area contributed by atoms with Crippen molar-refractivity contribution in [3.63, 3.8) is 0 Å². The normalized spacial score (nSPS) is 30.8. The van der Waals surface area contributed by atoms with Gasteiger partial charge in [-0.05, 0) is 62.6 Å². The molecule has 0 spiro atoms. The van der Waals surface area contributed by atoms with Crippen molar-refractivity contribution < 1.29 is 14.3 Å². The highest BCUT2D eigenvalue weighted by molar-refractivity contribution is 6.21. The van der Waals surface area contributed by atoms with Crippen LogP contribution < -0.4 is 14.4 Å². The average Bonchev–Trinajstić information content (AvgIpc) is 3.26. The first kappa shape index (κ1) is 21.4. The number of benzene rings is 1. The molecule has 0 radical (unpaired) electrons. The van der Waals surface area contributed by atoms with Crippen LogP contribution in [0, 0.1) is 17.8 Å². The number of hydrogen-bond acceptors (Lipinski definition) is 5. The number of halogens is 1. The first-order valence-corrected chi connectivity index (χ1v) is 12.6. The summed E-state index contributed by atoms with van der Waals surface area (Å²) in [5, 5.41) is 0.252. The molecule has 170 valence electrons. The number of para-hydroxylation sites is 1. The van der Waals surface area contributed by atoms with Crippen LogP contribution in [0.15, 0.2) is 18.2 Å². The molecule has 5 nitrogen and oxygen atoms in total. The summed E-state index contributed by atoms with van der Waals surface area (Å²) in [5.74, 6) is 4.00. The summed E-state index contributed by atoms with van der Waals surface area (Å²) in [6.45, 7) is 5.83. The molecule has 2 saturated carbocycles. The van der Waals surface area contributed by atoms with Crippen molar-refractivity contribution in [2.45, 2.75) is 56.7 Å². The van der Waals surface area contributed by atoms with E-state index in [9.17, 15) is 4.79 Å². The lowest BCUT2D eigenvalue weighted by atomic mass is 9.74. The zero-order valence-corrected chi connectivity index (χ0v) is 19.2. The minimum Gasteiger partial charge on any atom is -0.454 e. The predicted octanol–water partition coefficient (Wildman–Crippen LogP) is 4.71. The molecule has 2 aliphatic carbocycles. The second-order valence-electron chi connectivity index (χ2n) is 9.95. The number of rotatable bonds is 7. The molecule has 0 N–H and O–H groups in total. The van der Waals surface area contributed by atoms with Crippen LogP contribution >= 0.6 is 11.6 Å². The number of alkyl halides is 1. The molecule has 2 aliphatic heterocycles. The Hall–Kier alpha value is -1.46. The smallest absolute Gasteiger partial charge is 0.231 e. The molecule has 0 bridgehead atoms. The van der Waals surface area contributed by atoms with Gasteiger partial charge in [-0.2, -0.15) is 0 Å². The van der Waals surface area contributed by atoms with Crippen LogP contribution in [0.4, 0.5) is 5.69 Å². The average molecular weight is 447 g/mol. The molecule has 1 aromatic carbocycles. The molecule has 1 saturated heterocycles. The Kier molecular flexibility index (Phi) is 6.61. The predicted molar refractivity (Wildman–Crippen MR) is 123 cm³/mol. The maximum Gasteiger partial charge on any atom is 0.231 e. The van der Waals surface area contributed by atoms with E-state index in [0.29, 0.717) is 18.5 Å². The summed E-state index contributed by atoms with van der Waals surface area (Å²) in [7, 11) is 0. The van der Waals surface area contributed by atoms with E-state index in [-0.39, 0.29) is 11.3 Å². The molecule has 0 atom stereocenters. The summed E-state index contributed by atoms with van der Waals surface area (Å²) >= 11 is 6.04. The standard InChI is InChI=1S/C25H35ClN2O3/c26-21-15-20(16-21)23(29)14-19-6-4-18(5-7-19)8-9-27-10-12-28(13-11-27)22-2-1-3-24-25(22)31-17-30-24/h1-3,18-21H,4-17H2. The number of hydrogen-bond donors (Lipinski definition) is 0. The highest BCUT2D eigenvalue weighted by Gasteiger charge is 2.34. The molecule has 0 aromatic heterocycles. The van der Waals surface area contributed by atoms with Crippen LogP contribution in [-0.4, -0.2) is 55.6 Å². The number of piperazine rings is 1. The van der Waals surface area contributed by atoms with Crippen molar-refractivity contribution in [1.29, 1.82) is 0 Å². The molecule has 2 heterocycles. The van der Waals surface area contributed by atoms with E-state index in [4.69, 9.17) is 21.1 Å². The lowest BCUT2D eigenvalue weighted by molar-refractivity contribution is -0.126. The van der Waals surface area contributed by atoms with Gasteiger partial charge in [-0.15, -0.1) is 11.6 Å². The Balaban J connectivity index is 1.00.